The van der Waals surface area contributed by atoms with Crippen molar-refractivity contribution >= 4 is 5.78 Å². The normalized spacial score (nSPS) is 17.8. The van der Waals surface area contributed by atoms with E-state index in [1.54, 1.807) is 0 Å². The number of aromatic nitrogens is 1. The van der Waals surface area contributed by atoms with Crippen LogP contribution in [0, 0.1) is 5.82 Å². The van der Waals surface area contributed by atoms with Crippen molar-refractivity contribution in [1.29, 1.82) is 0 Å². The van der Waals surface area contributed by atoms with Gasteiger partial charge in [0.1, 0.15) is 5.82 Å². The van der Waals surface area contributed by atoms with Gasteiger partial charge in [-0.15, -0.1) is 0 Å². The Bertz CT molecular complexity index is 624. The van der Waals surface area contributed by atoms with Gasteiger partial charge in [0.05, 0.1) is 6.20 Å². The zero-order valence-electron chi connectivity index (χ0n) is 10.5. The molecule has 2 nitrogen and oxygen atoms in total. The van der Waals surface area contributed by atoms with Crippen LogP contribution < -0.4 is 0 Å². The molecule has 1 heterocycles. The van der Waals surface area contributed by atoms with Gasteiger partial charge in [0.15, 0.2) is 5.78 Å². The van der Waals surface area contributed by atoms with Crippen LogP contribution in [-0.4, -0.2) is 10.8 Å². The largest absolute Gasteiger partial charge is 0.293 e. The van der Waals surface area contributed by atoms with Gasteiger partial charge in [-0.05, 0) is 36.5 Å². The van der Waals surface area contributed by atoms with E-state index in [0.29, 0.717) is 5.56 Å². The number of aryl methyl sites for hydroxylation is 1. The van der Waals surface area contributed by atoms with E-state index in [0.717, 1.165) is 31.0 Å². The second-order valence-electron chi connectivity index (χ2n) is 4.90. The molecule has 0 N–H and O–H groups in total. The Morgan fingerprint density at radius 3 is 2.95 bits per heavy atom. The molecular weight excluding hydrogens is 241 g/mol. The van der Waals surface area contributed by atoms with Crippen LogP contribution in [0.1, 0.15) is 40.2 Å². The zero-order chi connectivity index (χ0) is 13.2. The lowest BCUT2D eigenvalue weighted by molar-refractivity contribution is 0.0950. The van der Waals surface area contributed by atoms with E-state index in [1.807, 2.05) is 18.2 Å². The van der Waals surface area contributed by atoms with Crippen molar-refractivity contribution < 1.29 is 9.18 Å². The van der Waals surface area contributed by atoms with E-state index in [4.69, 9.17) is 0 Å². The molecular formula is C16H14FNO. The quantitative estimate of drug-likeness (QED) is 0.768. The van der Waals surface area contributed by atoms with E-state index in [-0.39, 0.29) is 11.7 Å². The standard InChI is InChI=1S/C16H14FNO/c17-13-8-12(9-18-10-13)16(19)15-7-3-5-11-4-1-2-6-14(11)15/h1-2,4,6,8-10,15H,3,5,7H2. The predicted molar refractivity (Wildman–Crippen MR) is 70.6 cm³/mol. The van der Waals surface area contributed by atoms with Gasteiger partial charge >= 0.3 is 0 Å². The summed E-state index contributed by atoms with van der Waals surface area (Å²) < 4.78 is 13.2. The molecule has 1 aliphatic rings. The number of hydrogen-bond acceptors (Lipinski definition) is 2. The van der Waals surface area contributed by atoms with E-state index in [9.17, 15) is 9.18 Å². The van der Waals surface area contributed by atoms with Crippen LogP contribution in [0.2, 0.25) is 0 Å². The van der Waals surface area contributed by atoms with E-state index in [1.165, 1.54) is 17.8 Å². The molecule has 1 unspecified atom stereocenters. The van der Waals surface area contributed by atoms with Gasteiger partial charge in [0.25, 0.3) is 0 Å². The summed E-state index contributed by atoms with van der Waals surface area (Å²) in [6, 6.07) is 9.29. The number of rotatable bonds is 2. The van der Waals surface area contributed by atoms with Gasteiger partial charge in [-0.1, -0.05) is 24.3 Å². The van der Waals surface area contributed by atoms with Gasteiger partial charge in [0, 0.05) is 17.7 Å². The third-order valence-electron chi connectivity index (χ3n) is 3.68. The number of halogens is 1. The lowest BCUT2D eigenvalue weighted by atomic mass is 9.79. The Morgan fingerprint density at radius 2 is 2.11 bits per heavy atom. The molecule has 1 atom stereocenters. The van der Waals surface area contributed by atoms with Crippen molar-refractivity contribution in [3.63, 3.8) is 0 Å². The number of carbonyl (C=O) groups is 1. The molecule has 3 rings (SSSR count). The highest BCUT2D eigenvalue weighted by molar-refractivity contribution is 6.01. The summed E-state index contributed by atoms with van der Waals surface area (Å²) in [7, 11) is 0. The molecule has 3 heteroatoms. The van der Waals surface area contributed by atoms with Crippen molar-refractivity contribution in [1.82, 2.24) is 4.98 Å². The molecule has 1 aromatic heterocycles. The molecule has 2 aromatic rings. The Balaban J connectivity index is 1.98. The fourth-order valence-corrected chi connectivity index (χ4v) is 2.77. The summed E-state index contributed by atoms with van der Waals surface area (Å²) in [6.07, 6.45) is 5.40. The van der Waals surface area contributed by atoms with Crippen LogP contribution in [0.4, 0.5) is 4.39 Å². The van der Waals surface area contributed by atoms with Gasteiger partial charge in [-0.3, -0.25) is 9.78 Å². The van der Waals surface area contributed by atoms with Crippen molar-refractivity contribution in [2.75, 3.05) is 0 Å². The SMILES string of the molecule is O=C(c1cncc(F)c1)C1CCCc2ccccc21. The highest BCUT2D eigenvalue weighted by Gasteiger charge is 2.27. The summed E-state index contributed by atoms with van der Waals surface area (Å²) >= 11 is 0. The minimum absolute atomic E-state index is 0.0286. The molecule has 0 bridgehead atoms. The zero-order valence-corrected chi connectivity index (χ0v) is 10.5. The highest BCUT2D eigenvalue weighted by atomic mass is 19.1. The fraction of sp³-hybridized carbons (Fsp3) is 0.250. The molecule has 0 radical (unpaired) electrons. The van der Waals surface area contributed by atoms with Crippen molar-refractivity contribution in [2.45, 2.75) is 25.2 Å². The average Bonchev–Trinajstić information content (AvgIpc) is 2.46. The first kappa shape index (κ1) is 12.0. The maximum atomic E-state index is 13.2. The number of hydrogen-bond donors (Lipinski definition) is 0. The maximum Gasteiger partial charge on any atom is 0.171 e. The van der Waals surface area contributed by atoms with E-state index < -0.39 is 5.82 Å². The molecule has 0 saturated carbocycles. The summed E-state index contributed by atoms with van der Waals surface area (Å²) in [5.74, 6) is -0.650. The number of benzene rings is 1. The lowest BCUT2D eigenvalue weighted by Crippen LogP contribution is -2.19. The van der Waals surface area contributed by atoms with Crippen LogP contribution in [0.25, 0.3) is 0 Å². The van der Waals surface area contributed by atoms with Crippen molar-refractivity contribution in [2.24, 2.45) is 0 Å². The number of fused-ring (bicyclic) bond motifs is 1. The second-order valence-corrected chi connectivity index (χ2v) is 4.90. The van der Waals surface area contributed by atoms with Crippen LogP contribution >= 0.6 is 0 Å². The Hall–Kier alpha value is -2.03. The Kier molecular flexibility index (Phi) is 3.11. The van der Waals surface area contributed by atoms with Crippen molar-refractivity contribution in [3.05, 3.63) is 65.2 Å². The molecule has 0 aliphatic heterocycles. The summed E-state index contributed by atoms with van der Waals surface area (Å²) in [6.45, 7) is 0. The molecule has 1 aliphatic carbocycles. The van der Waals surface area contributed by atoms with Gasteiger partial charge in [0.2, 0.25) is 0 Å². The molecule has 1 aromatic carbocycles. The number of Topliss-reactive ketones (excluding diaryl/α,β-unsaturated/α-hetero) is 1. The monoisotopic (exact) mass is 255 g/mol. The van der Waals surface area contributed by atoms with Gasteiger partial charge in [-0.25, -0.2) is 4.39 Å². The van der Waals surface area contributed by atoms with Crippen LogP contribution in [0.5, 0.6) is 0 Å². The Labute approximate surface area is 111 Å². The summed E-state index contributed by atoms with van der Waals surface area (Å²) in [5, 5.41) is 0. The number of carbonyl (C=O) groups excluding carboxylic acids is 1. The minimum atomic E-state index is -0.463. The maximum absolute atomic E-state index is 13.2. The average molecular weight is 255 g/mol. The first-order chi connectivity index (χ1) is 9.25. The number of pyridine rings is 1. The summed E-state index contributed by atoms with van der Waals surface area (Å²) in [4.78, 5) is 16.3. The third kappa shape index (κ3) is 2.28. The Morgan fingerprint density at radius 1 is 1.26 bits per heavy atom. The highest BCUT2D eigenvalue weighted by Crippen LogP contribution is 2.33. The smallest absolute Gasteiger partial charge is 0.171 e. The predicted octanol–water partition coefficient (Wildman–Crippen LogP) is 3.52. The second kappa shape index (κ2) is 4.92. The molecule has 0 saturated heterocycles. The molecule has 0 fully saturated rings. The summed E-state index contributed by atoms with van der Waals surface area (Å²) in [5.41, 5.74) is 2.68. The molecule has 0 spiro atoms. The molecule has 0 amide bonds. The first-order valence-electron chi connectivity index (χ1n) is 6.48. The van der Waals surface area contributed by atoms with E-state index >= 15 is 0 Å². The minimum Gasteiger partial charge on any atom is -0.293 e. The van der Waals surface area contributed by atoms with Crippen LogP contribution in [0.15, 0.2) is 42.7 Å². The fourth-order valence-electron chi connectivity index (χ4n) is 2.77. The van der Waals surface area contributed by atoms with Gasteiger partial charge in [-0.2, -0.15) is 0 Å². The van der Waals surface area contributed by atoms with E-state index in [2.05, 4.69) is 11.1 Å². The first-order valence-corrected chi connectivity index (χ1v) is 6.48. The van der Waals surface area contributed by atoms with Crippen LogP contribution in [-0.2, 0) is 6.42 Å². The van der Waals surface area contributed by atoms with Crippen LogP contribution in [0.3, 0.4) is 0 Å². The number of nitrogens with zero attached hydrogens (tertiary/aromatic N) is 1. The third-order valence-corrected chi connectivity index (χ3v) is 3.68. The lowest BCUT2D eigenvalue weighted by Gasteiger charge is -2.24. The number of ketones is 1. The van der Waals surface area contributed by atoms with Gasteiger partial charge < -0.3 is 0 Å². The topological polar surface area (TPSA) is 30.0 Å². The van der Waals surface area contributed by atoms with Crippen molar-refractivity contribution in [3.8, 4) is 0 Å². The molecule has 96 valence electrons. The molecule has 19 heavy (non-hydrogen) atoms.